The Morgan fingerprint density at radius 3 is 2.55 bits per heavy atom. The lowest BCUT2D eigenvalue weighted by molar-refractivity contribution is 0.0698. The maximum atomic E-state index is 11.2. The number of benzene rings is 1. The van der Waals surface area contributed by atoms with Gasteiger partial charge >= 0.3 is 5.97 Å². The number of hydrogen-bond donors (Lipinski definition) is 2. The quantitative estimate of drug-likeness (QED) is 0.808. The van der Waals surface area contributed by atoms with Crippen LogP contribution in [0.25, 0.3) is 0 Å². The SMILES string of the molecule is CC(C)CC1(CNc2ccccc2C(=O)O)CCCC1. The van der Waals surface area contributed by atoms with Gasteiger partial charge in [0.15, 0.2) is 0 Å². The largest absolute Gasteiger partial charge is 0.478 e. The number of carbonyl (C=O) groups is 1. The monoisotopic (exact) mass is 275 g/mol. The summed E-state index contributed by atoms with van der Waals surface area (Å²) in [6.45, 7) is 5.42. The molecule has 0 aliphatic heterocycles. The van der Waals surface area contributed by atoms with Crippen LogP contribution in [0.4, 0.5) is 5.69 Å². The van der Waals surface area contributed by atoms with E-state index in [1.54, 1.807) is 12.1 Å². The summed E-state index contributed by atoms with van der Waals surface area (Å²) in [7, 11) is 0. The van der Waals surface area contributed by atoms with Crippen LogP contribution in [0, 0.1) is 11.3 Å². The summed E-state index contributed by atoms with van der Waals surface area (Å²) in [6, 6.07) is 7.18. The molecule has 3 heteroatoms. The van der Waals surface area contributed by atoms with E-state index in [4.69, 9.17) is 0 Å². The number of nitrogens with one attached hydrogen (secondary N) is 1. The second-order valence-corrected chi connectivity index (χ2v) is 6.51. The molecule has 3 nitrogen and oxygen atoms in total. The molecule has 0 bridgehead atoms. The maximum Gasteiger partial charge on any atom is 0.337 e. The summed E-state index contributed by atoms with van der Waals surface area (Å²) in [6.07, 6.45) is 6.33. The van der Waals surface area contributed by atoms with E-state index in [9.17, 15) is 9.90 Å². The topological polar surface area (TPSA) is 49.3 Å². The van der Waals surface area contributed by atoms with E-state index < -0.39 is 5.97 Å². The van der Waals surface area contributed by atoms with Crippen molar-refractivity contribution in [3.05, 3.63) is 29.8 Å². The highest BCUT2D eigenvalue weighted by Crippen LogP contribution is 2.43. The van der Waals surface area contributed by atoms with Crippen LogP contribution in [0.2, 0.25) is 0 Å². The van der Waals surface area contributed by atoms with Crippen LogP contribution in [-0.4, -0.2) is 17.6 Å². The number of para-hydroxylation sites is 1. The van der Waals surface area contributed by atoms with Crippen LogP contribution in [0.1, 0.15) is 56.3 Å². The molecule has 1 aromatic carbocycles. The molecule has 110 valence electrons. The predicted molar refractivity (Wildman–Crippen MR) is 82.2 cm³/mol. The Morgan fingerprint density at radius 1 is 1.30 bits per heavy atom. The number of carboxylic acids is 1. The standard InChI is InChI=1S/C17H25NO2/c1-13(2)11-17(9-5-6-10-17)12-18-15-8-4-3-7-14(15)16(19)20/h3-4,7-8,13,18H,5-6,9-12H2,1-2H3,(H,19,20). The van der Waals surface area contributed by atoms with Gasteiger partial charge < -0.3 is 10.4 Å². The van der Waals surface area contributed by atoms with Crippen molar-refractivity contribution in [2.24, 2.45) is 11.3 Å². The van der Waals surface area contributed by atoms with Gasteiger partial charge in [-0.05, 0) is 42.7 Å². The Hall–Kier alpha value is -1.51. The molecule has 1 saturated carbocycles. The molecule has 0 unspecified atom stereocenters. The zero-order valence-electron chi connectivity index (χ0n) is 12.5. The minimum absolute atomic E-state index is 0.347. The van der Waals surface area contributed by atoms with Gasteiger partial charge in [0.05, 0.1) is 5.56 Å². The molecular weight excluding hydrogens is 250 g/mol. The van der Waals surface area contributed by atoms with Crippen molar-refractivity contribution in [3.8, 4) is 0 Å². The molecule has 0 amide bonds. The molecule has 0 aromatic heterocycles. The van der Waals surface area contributed by atoms with Crippen LogP contribution < -0.4 is 5.32 Å². The van der Waals surface area contributed by atoms with Crippen molar-refractivity contribution in [1.82, 2.24) is 0 Å². The van der Waals surface area contributed by atoms with E-state index in [0.29, 0.717) is 16.9 Å². The van der Waals surface area contributed by atoms with Gasteiger partial charge in [-0.2, -0.15) is 0 Å². The fourth-order valence-electron chi connectivity index (χ4n) is 3.55. The molecule has 1 fully saturated rings. The molecule has 2 N–H and O–H groups in total. The summed E-state index contributed by atoms with van der Waals surface area (Å²) in [5, 5.41) is 12.6. The van der Waals surface area contributed by atoms with E-state index >= 15 is 0 Å². The zero-order valence-corrected chi connectivity index (χ0v) is 12.5. The van der Waals surface area contributed by atoms with Crippen LogP contribution in [-0.2, 0) is 0 Å². The Morgan fingerprint density at radius 2 is 1.95 bits per heavy atom. The van der Waals surface area contributed by atoms with Crippen molar-refractivity contribution in [2.45, 2.75) is 46.0 Å². The number of aromatic carboxylic acids is 1. The highest BCUT2D eigenvalue weighted by atomic mass is 16.4. The average molecular weight is 275 g/mol. The minimum atomic E-state index is -0.863. The predicted octanol–water partition coefficient (Wildman–Crippen LogP) is 4.40. The molecule has 1 aliphatic carbocycles. The Balaban J connectivity index is 2.08. The lowest BCUT2D eigenvalue weighted by Crippen LogP contribution is -2.29. The Labute approximate surface area is 121 Å². The van der Waals surface area contributed by atoms with Gasteiger partial charge in [0.2, 0.25) is 0 Å². The lowest BCUT2D eigenvalue weighted by atomic mass is 9.78. The average Bonchev–Trinajstić information content (AvgIpc) is 2.84. The van der Waals surface area contributed by atoms with Gasteiger partial charge in [-0.1, -0.05) is 38.8 Å². The fraction of sp³-hybridized carbons (Fsp3) is 0.588. The van der Waals surface area contributed by atoms with E-state index in [0.717, 1.165) is 12.2 Å². The summed E-state index contributed by atoms with van der Waals surface area (Å²) >= 11 is 0. The van der Waals surface area contributed by atoms with E-state index in [1.165, 1.54) is 32.1 Å². The van der Waals surface area contributed by atoms with Crippen LogP contribution in [0.15, 0.2) is 24.3 Å². The third-order valence-electron chi connectivity index (χ3n) is 4.32. The van der Waals surface area contributed by atoms with Gasteiger partial charge in [-0.3, -0.25) is 0 Å². The van der Waals surface area contributed by atoms with Crippen LogP contribution in [0.3, 0.4) is 0 Å². The molecule has 0 radical (unpaired) electrons. The van der Waals surface area contributed by atoms with Gasteiger partial charge in [0.25, 0.3) is 0 Å². The second-order valence-electron chi connectivity index (χ2n) is 6.51. The van der Waals surface area contributed by atoms with Crippen LogP contribution >= 0.6 is 0 Å². The summed E-state index contributed by atoms with van der Waals surface area (Å²) in [5.41, 5.74) is 1.46. The first-order chi connectivity index (χ1) is 9.52. The third-order valence-corrected chi connectivity index (χ3v) is 4.32. The van der Waals surface area contributed by atoms with Crippen molar-refractivity contribution in [2.75, 3.05) is 11.9 Å². The number of carboxylic acid groups (broad SMARTS) is 1. The lowest BCUT2D eigenvalue weighted by Gasteiger charge is -2.31. The van der Waals surface area contributed by atoms with Gasteiger partial charge in [0.1, 0.15) is 0 Å². The summed E-state index contributed by atoms with van der Waals surface area (Å²) < 4.78 is 0. The summed E-state index contributed by atoms with van der Waals surface area (Å²) in [5.74, 6) is -0.179. The maximum absolute atomic E-state index is 11.2. The zero-order chi connectivity index (χ0) is 14.6. The van der Waals surface area contributed by atoms with Crippen molar-refractivity contribution < 1.29 is 9.90 Å². The molecule has 0 atom stereocenters. The normalized spacial score (nSPS) is 17.4. The Kier molecular flexibility index (Phi) is 4.69. The molecule has 20 heavy (non-hydrogen) atoms. The second kappa shape index (κ2) is 6.29. The smallest absolute Gasteiger partial charge is 0.337 e. The van der Waals surface area contributed by atoms with E-state index in [2.05, 4.69) is 19.2 Å². The Bertz CT molecular complexity index is 462. The molecule has 1 aliphatic rings. The highest BCUT2D eigenvalue weighted by Gasteiger charge is 2.34. The minimum Gasteiger partial charge on any atom is -0.478 e. The van der Waals surface area contributed by atoms with E-state index in [1.807, 2.05) is 12.1 Å². The molecule has 0 spiro atoms. The molecular formula is C17H25NO2. The van der Waals surface area contributed by atoms with Gasteiger partial charge in [0, 0.05) is 12.2 Å². The first-order valence-electron chi connectivity index (χ1n) is 7.59. The van der Waals surface area contributed by atoms with Gasteiger partial charge in [-0.25, -0.2) is 4.79 Å². The fourth-order valence-corrected chi connectivity index (χ4v) is 3.55. The highest BCUT2D eigenvalue weighted by molar-refractivity contribution is 5.94. The number of anilines is 1. The summed E-state index contributed by atoms with van der Waals surface area (Å²) in [4.78, 5) is 11.2. The molecule has 1 aromatic rings. The number of hydrogen-bond acceptors (Lipinski definition) is 2. The molecule has 0 saturated heterocycles. The van der Waals surface area contributed by atoms with Gasteiger partial charge in [-0.15, -0.1) is 0 Å². The van der Waals surface area contributed by atoms with Crippen LogP contribution in [0.5, 0.6) is 0 Å². The van der Waals surface area contributed by atoms with Crippen molar-refractivity contribution >= 4 is 11.7 Å². The third kappa shape index (κ3) is 3.53. The first-order valence-corrected chi connectivity index (χ1v) is 7.59. The van der Waals surface area contributed by atoms with E-state index in [-0.39, 0.29) is 0 Å². The first kappa shape index (κ1) is 14.9. The molecule has 2 rings (SSSR count). The van der Waals surface area contributed by atoms with Crippen molar-refractivity contribution in [1.29, 1.82) is 0 Å². The van der Waals surface area contributed by atoms with Crippen molar-refractivity contribution in [3.63, 3.8) is 0 Å². The number of rotatable bonds is 6. The molecule has 0 heterocycles.